The molecule has 0 N–H and O–H groups in total. The van der Waals surface area contributed by atoms with Crippen molar-refractivity contribution in [3.63, 3.8) is 0 Å². The number of hydrogen-bond acceptors (Lipinski definition) is 4. The minimum absolute atomic E-state index is 0.482. The summed E-state index contributed by atoms with van der Waals surface area (Å²) in [7, 11) is 0. The summed E-state index contributed by atoms with van der Waals surface area (Å²) in [5, 5.41) is 0.482. The normalized spacial score (nSPS) is 14.3. The Kier molecular flexibility index (Phi) is 2.97. The number of ether oxygens (including phenoxy) is 1. The summed E-state index contributed by atoms with van der Waals surface area (Å²) in [5.41, 5.74) is 3.75. The molecule has 1 aliphatic rings. The molecule has 0 saturated heterocycles. The van der Waals surface area contributed by atoms with Crippen LogP contribution in [-0.4, -0.2) is 21.6 Å². The van der Waals surface area contributed by atoms with E-state index in [9.17, 15) is 0 Å². The lowest BCUT2D eigenvalue weighted by atomic mass is 10.1. The topological polar surface area (TPSA) is 47.9 Å². The Balaban J connectivity index is 2.08. The van der Waals surface area contributed by atoms with Crippen LogP contribution in [0.5, 0.6) is 0 Å². The van der Waals surface area contributed by atoms with E-state index in [-0.39, 0.29) is 0 Å². The summed E-state index contributed by atoms with van der Waals surface area (Å²) >= 11 is 6.18. The minimum atomic E-state index is 0.482. The van der Waals surface area contributed by atoms with Crippen molar-refractivity contribution in [2.45, 2.75) is 20.0 Å². The van der Waals surface area contributed by atoms with Gasteiger partial charge in [0.15, 0.2) is 5.82 Å². The number of halogens is 1. The molecule has 18 heavy (non-hydrogen) atoms. The molecule has 5 heteroatoms. The van der Waals surface area contributed by atoms with Gasteiger partial charge in [0, 0.05) is 29.4 Å². The average Bonchev–Trinajstić information content (AvgIpc) is 2.39. The maximum absolute atomic E-state index is 6.18. The molecule has 0 fully saturated rings. The van der Waals surface area contributed by atoms with Crippen LogP contribution >= 0.6 is 11.6 Å². The lowest BCUT2D eigenvalue weighted by Gasteiger charge is -2.17. The maximum Gasteiger partial charge on any atom is 0.162 e. The summed E-state index contributed by atoms with van der Waals surface area (Å²) in [5.74, 6) is 0.633. The fourth-order valence-electron chi connectivity index (χ4n) is 1.92. The van der Waals surface area contributed by atoms with Gasteiger partial charge in [-0.05, 0) is 19.1 Å². The molecule has 3 heterocycles. The summed E-state index contributed by atoms with van der Waals surface area (Å²) in [6, 6.07) is 3.90. The molecular weight excluding hydrogens is 250 g/mol. The van der Waals surface area contributed by atoms with E-state index >= 15 is 0 Å². The Morgan fingerprint density at radius 3 is 2.94 bits per heavy atom. The molecule has 0 aromatic carbocycles. The van der Waals surface area contributed by atoms with Gasteiger partial charge in [-0.3, -0.25) is 4.98 Å². The number of fused-ring (bicyclic) bond motifs is 1. The van der Waals surface area contributed by atoms with Gasteiger partial charge < -0.3 is 4.74 Å². The standard InChI is InChI=1S/C13H12ClN3O/c1-8-2-3-9(6-15-8)13-16-11-4-5-18-7-10(11)12(14)17-13/h2-3,6H,4-5,7H2,1H3. The number of hydrogen-bond donors (Lipinski definition) is 0. The van der Waals surface area contributed by atoms with E-state index in [1.807, 2.05) is 19.1 Å². The first-order valence-corrected chi connectivity index (χ1v) is 6.18. The van der Waals surface area contributed by atoms with Gasteiger partial charge in [-0.25, -0.2) is 9.97 Å². The zero-order valence-electron chi connectivity index (χ0n) is 9.98. The highest BCUT2D eigenvalue weighted by Crippen LogP contribution is 2.25. The van der Waals surface area contributed by atoms with Crippen molar-refractivity contribution in [3.8, 4) is 11.4 Å². The molecule has 0 saturated carbocycles. The molecule has 0 spiro atoms. The zero-order valence-corrected chi connectivity index (χ0v) is 10.7. The molecule has 0 unspecified atom stereocenters. The van der Waals surface area contributed by atoms with Gasteiger partial charge in [-0.2, -0.15) is 0 Å². The van der Waals surface area contributed by atoms with Crippen molar-refractivity contribution in [1.82, 2.24) is 15.0 Å². The van der Waals surface area contributed by atoms with Crippen LogP contribution in [0.2, 0.25) is 5.15 Å². The van der Waals surface area contributed by atoms with Gasteiger partial charge in [-0.1, -0.05) is 11.6 Å². The summed E-state index contributed by atoms with van der Waals surface area (Å²) in [6.45, 7) is 3.13. The van der Waals surface area contributed by atoms with Crippen LogP contribution in [0, 0.1) is 6.92 Å². The highest BCUT2D eigenvalue weighted by Gasteiger charge is 2.17. The molecule has 0 atom stereocenters. The highest BCUT2D eigenvalue weighted by atomic mass is 35.5. The van der Waals surface area contributed by atoms with Crippen molar-refractivity contribution in [1.29, 1.82) is 0 Å². The Morgan fingerprint density at radius 1 is 1.28 bits per heavy atom. The third kappa shape index (κ3) is 2.09. The quantitative estimate of drug-likeness (QED) is 0.741. The van der Waals surface area contributed by atoms with E-state index in [0.29, 0.717) is 24.2 Å². The van der Waals surface area contributed by atoms with Crippen molar-refractivity contribution in [2.24, 2.45) is 0 Å². The molecule has 0 aliphatic carbocycles. The summed E-state index contributed by atoms with van der Waals surface area (Å²) in [6.07, 6.45) is 2.55. The van der Waals surface area contributed by atoms with Gasteiger partial charge in [0.1, 0.15) is 5.15 Å². The highest BCUT2D eigenvalue weighted by molar-refractivity contribution is 6.30. The van der Waals surface area contributed by atoms with Gasteiger partial charge in [0.05, 0.1) is 18.9 Å². The van der Waals surface area contributed by atoms with Crippen LogP contribution in [0.25, 0.3) is 11.4 Å². The zero-order chi connectivity index (χ0) is 12.5. The van der Waals surface area contributed by atoms with E-state index in [1.54, 1.807) is 6.20 Å². The molecular formula is C13H12ClN3O. The van der Waals surface area contributed by atoms with Crippen molar-refractivity contribution in [2.75, 3.05) is 6.61 Å². The first kappa shape index (κ1) is 11.6. The molecule has 4 nitrogen and oxygen atoms in total. The minimum Gasteiger partial charge on any atom is -0.376 e. The third-order valence-electron chi connectivity index (χ3n) is 2.94. The molecule has 1 aliphatic heterocycles. The van der Waals surface area contributed by atoms with Gasteiger partial charge >= 0.3 is 0 Å². The molecule has 3 rings (SSSR count). The fourth-order valence-corrected chi connectivity index (χ4v) is 2.17. The molecule has 2 aromatic heterocycles. The lowest BCUT2D eigenvalue weighted by molar-refractivity contribution is 0.109. The second-order valence-corrected chi connectivity index (χ2v) is 4.61. The largest absolute Gasteiger partial charge is 0.376 e. The van der Waals surface area contributed by atoms with Gasteiger partial charge in [-0.15, -0.1) is 0 Å². The smallest absolute Gasteiger partial charge is 0.162 e. The van der Waals surface area contributed by atoms with Gasteiger partial charge in [0.2, 0.25) is 0 Å². The monoisotopic (exact) mass is 261 g/mol. The van der Waals surface area contributed by atoms with Crippen LogP contribution < -0.4 is 0 Å². The Morgan fingerprint density at radius 2 is 2.17 bits per heavy atom. The SMILES string of the molecule is Cc1ccc(-c2nc(Cl)c3c(n2)CCOC3)cn1. The Hall–Kier alpha value is -1.52. The first-order chi connectivity index (χ1) is 8.74. The first-order valence-electron chi connectivity index (χ1n) is 5.80. The van der Waals surface area contributed by atoms with Crippen LogP contribution in [0.15, 0.2) is 18.3 Å². The van der Waals surface area contributed by atoms with Crippen LogP contribution in [-0.2, 0) is 17.8 Å². The number of aromatic nitrogens is 3. The lowest BCUT2D eigenvalue weighted by Crippen LogP contribution is -2.14. The van der Waals surface area contributed by atoms with Crippen molar-refractivity contribution in [3.05, 3.63) is 40.4 Å². The van der Waals surface area contributed by atoms with Crippen LogP contribution in [0.4, 0.5) is 0 Å². The predicted octanol–water partition coefficient (Wildman–Crippen LogP) is 2.57. The fraction of sp³-hybridized carbons (Fsp3) is 0.308. The maximum atomic E-state index is 6.18. The summed E-state index contributed by atoms with van der Waals surface area (Å²) in [4.78, 5) is 13.1. The second-order valence-electron chi connectivity index (χ2n) is 4.25. The van der Waals surface area contributed by atoms with Gasteiger partial charge in [0.25, 0.3) is 0 Å². The van der Waals surface area contributed by atoms with E-state index in [1.165, 1.54) is 0 Å². The van der Waals surface area contributed by atoms with E-state index in [0.717, 1.165) is 28.9 Å². The van der Waals surface area contributed by atoms with Crippen molar-refractivity contribution >= 4 is 11.6 Å². The van der Waals surface area contributed by atoms with E-state index < -0.39 is 0 Å². The van der Waals surface area contributed by atoms with Crippen LogP contribution in [0.3, 0.4) is 0 Å². The third-order valence-corrected chi connectivity index (χ3v) is 3.25. The van der Waals surface area contributed by atoms with Crippen LogP contribution in [0.1, 0.15) is 17.0 Å². The molecule has 92 valence electrons. The van der Waals surface area contributed by atoms with E-state index in [2.05, 4.69) is 15.0 Å². The number of pyridine rings is 1. The molecule has 2 aromatic rings. The predicted molar refractivity (Wildman–Crippen MR) is 68.4 cm³/mol. The second kappa shape index (κ2) is 4.63. The number of rotatable bonds is 1. The summed E-state index contributed by atoms with van der Waals surface area (Å²) < 4.78 is 5.36. The molecule has 0 bridgehead atoms. The number of nitrogens with zero attached hydrogens (tertiary/aromatic N) is 3. The Bertz CT molecular complexity index is 584. The molecule has 0 amide bonds. The van der Waals surface area contributed by atoms with E-state index in [4.69, 9.17) is 16.3 Å². The van der Waals surface area contributed by atoms with Crippen molar-refractivity contribution < 1.29 is 4.74 Å². The average molecular weight is 262 g/mol. The molecule has 0 radical (unpaired) electrons. The number of aryl methyl sites for hydroxylation is 1. The Labute approximate surface area is 110 Å².